The van der Waals surface area contributed by atoms with Crippen LogP contribution in [0.1, 0.15) is 5.56 Å². The molecule has 0 spiro atoms. The molecule has 5 nitrogen and oxygen atoms in total. The highest BCUT2D eigenvalue weighted by molar-refractivity contribution is 6.30. The number of ether oxygens (including phenoxy) is 2. The average Bonchev–Trinajstić information content (AvgIpc) is 3.10. The summed E-state index contributed by atoms with van der Waals surface area (Å²) in [5.74, 6) is 2.25. The van der Waals surface area contributed by atoms with Crippen LogP contribution in [0.2, 0.25) is 5.02 Å². The molecule has 1 aliphatic heterocycles. The number of hydrogen-bond acceptors (Lipinski definition) is 4. The normalized spacial score (nSPS) is 16.1. The van der Waals surface area contributed by atoms with Crippen molar-refractivity contribution in [2.45, 2.75) is 12.6 Å². The molecule has 3 aromatic carbocycles. The minimum atomic E-state index is -0.113. The number of carbonyl (C=O) groups is 1. The van der Waals surface area contributed by atoms with E-state index in [1.54, 1.807) is 24.1 Å². The third-order valence-corrected chi connectivity index (χ3v) is 5.05. The molecule has 0 aromatic heterocycles. The van der Waals surface area contributed by atoms with Gasteiger partial charge in [-0.15, -0.1) is 0 Å². The first kappa shape index (κ1) is 19.3. The molecule has 148 valence electrons. The highest BCUT2D eigenvalue weighted by Gasteiger charge is 2.31. The second-order valence-electron chi connectivity index (χ2n) is 6.77. The van der Waals surface area contributed by atoms with Crippen LogP contribution in [0.4, 0.5) is 5.69 Å². The fourth-order valence-corrected chi connectivity index (χ4v) is 3.50. The number of halogens is 1. The topological polar surface area (TPSA) is 50.8 Å². The summed E-state index contributed by atoms with van der Waals surface area (Å²) in [6.07, 6.45) is 0.573. The standard InChI is InChI=1S/C23H21ClN2O3/c1-28-21-4-2-3-16(13-21)14-22-25-15-23(27)26(22)18-7-11-20(12-8-18)29-19-9-5-17(24)6-10-19/h2-13,22,25H,14-15H2,1H3. The first-order valence-electron chi connectivity index (χ1n) is 9.34. The van der Waals surface area contributed by atoms with Crippen molar-refractivity contribution in [1.82, 2.24) is 5.32 Å². The van der Waals surface area contributed by atoms with Crippen molar-refractivity contribution < 1.29 is 14.3 Å². The van der Waals surface area contributed by atoms with E-state index < -0.39 is 0 Å². The van der Waals surface area contributed by atoms with Gasteiger partial charge in [-0.05, 0) is 66.2 Å². The highest BCUT2D eigenvalue weighted by Crippen LogP contribution is 2.28. The minimum absolute atomic E-state index is 0.0456. The summed E-state index contributed by atoms with van der Waals surface area (Å²) in [6, 6.07) is 22.6. The van der Waals surface area contributed by atoms with Crippen LogP contribution in [-0.4, -0.2) is 25.7 Å². The third kappa shape index (κ3) is 4.53. The van der Waals surface area contributed by atoms with Crippen molar-refractivity contribution >= 4 is 23.2 Å². The summed E-state index contributed by atoms with van der Waals surface area (Å²) in [5.41, 5.74) is 1.93. The van der Waals surface area contributed by atoms with Crippen LogP contribution in [-0.2, 0) is 11.2 Å². The Morgan fingerprint density at radius 3 is 2.38 bits per heavy atom. The Bertz CT molecular complexity index is 990. The van der Waals surface area contributed by atoms with Gasteiger partial charge in [0.15, 0.2) is 0 Å². The molecule has 1 aliphatic rings. The molecule has 1 unspecified atom stereocenters. The van der Waals surface area contributed by atoms with Gasteiger partial charge in [0, 0.05) is 17.1 Å². The van der Waals surface area contributed by atoms with E-state index in [1.165, 1.54) is 0 Å². The van der Waals surface area contributed by atoms with Gasteiger partial charge in [0.05, 0.1) is 19.8 Å². The summed E-state index contributed by atoms with van der Waals surface area (Å²) >= 11 is 5.90. The van der Waals surface area contributed by atoms with E-state index in [1.807, 2.05) is 60.7 Å². The Kier molecular flexibility index (Phi) is 5.69. The van der Waals surface area contributed by atoms with Crippen LogP contribution in [0, 0.1) is 0 Å². The lowest BCUT2D eigenvalue weighted by Gasteiger charge is -2.25. The maximum atomic E-state index is 12.5. The Labute approximate surface area is 174 Å². The van der Waals surface area contributed by atoms with Crippen LogP contribution >= 0.6 is 11.6 Å². The molecule has 1 N–H and O–H groups in total. The molecule has 0 aliphatic carbocycles. The number of hydrogen-bond donors (Lipinski definition) is 1. The third-order valence-electron chi connectivity index (χ3n) is 4.80. The number of benzene rings is 3. The average molecular weight is 409 g/mol. The van der Waals surface area contributed by atoms with Crippen LogP contribution in [0.15, 0.2) is 72.8 Å². The minimum Gasteiger partial charge on any atom is -0.497 e. The van der Waals surface area contributed by atoms with Crippen LogP contribution < -0.4 is 19.7 Å². The second kappa shape index (κ2) is 8.55. The zero-order valence-electron chi connectivity index (χ0n) is 16.0. The number of anilines is 1. The van der Waals surface area contributed by atoms with E-state index in [9.17, 15) is 4.79 Å². The Hall–Kier alpha value is -3.02. The predicted molar refractivity (Wildman–Crippen MR) is 114 cm³/mol. The molecule has 1 atom stereocenters. The lowest BCUT2D eigenvalue weighted by atomic mass is 10.1. The molecule has 0 bridgehead atoms. The molecule has 0 saturated carbocycles. The van der Waals surface area contributed by atoms with Crippen molar-refractivity contribution in [3.63, 3.8) is 0 Å². The lowest BCUT2D eigenvalue weighted by molar-refractivity contribution is -0.116. The maximum absolute atomic E-state index is 12.5. The molecular formula is C23H21ClN2O3. The number of methoxy groups -OCH3 is 1. The van der Waals surface area contributed by atoms with Gasteiger partial charge in [-0.1, -0.05) is 23.7 Å². The van der Waals surface area contributed by atoms with Gasteiger partial charge >= 0.3 is 0 Å². The van der Waals surface area contributed by atoms with E-state index >= 15 is 0 Å². The lowest BCUT2D eigenvalue weighted by Crippen LogP contribution is -2.39. The van der Waals surface area contributed by atoms with E-state index in [2.05, 4.69) is 5.32 Å². The van der Waals surface area contributed by atoms with Gasteiger partial charge in [0.1, 0.15) is 17.2 Å². The largest absolute Gasteiger partial charge is 0.497 e. The van der Waals surface area contributed by atoms with E-state index in [-0.39, 0.29) is 12.1 Å². The highest BCUT2D eigenvalue weighted by atomic mass is 35.5. The van der Waals surface area contributed by atoms with Gasteiger partial charge in [0.25, 0.3) is 0 Å². The monoisotopic (exact) mass is 408 g/mol. The number of rotatable bonds is 6. The number of nitrogens with one attached hydrogen (secondary N) is 1. The summed E-state index contributed by atoms with van der Waals surface area (Å²) < 4.78 is 11.1. The van der Waals surface area contributed by atoms with Crippen molar-refractivity contribution in [2.24, 2.45) is 0 Å². The van der Waals surface area contributed by atoms with Crippen molar-refractivity contribution in [2.75, 3.05) is 18.6 Å². The fraction of sp³-hybridized carbons (Fsp3) is 0.174. The predicted octanol–water partition coefficient (Wildman–Crippen LogP) is 4.65. The summed E-state index contributed by atoms with van der Waals surface area (Å²) in [4.78, 5) is 14.3. The SMILES string of the molecule is COc1cccc(CC2NCC(=O)N2c2ccc(Oc3ccc(Cl)cc3)cc2)c1. The van der Waals surface area contributed by atoms with Gasteiger partial charge in [0.2, 0.25) is 5.91 Å². The molecule has 29 heavy (non-hydrogen) atoms. The smallest absolute Gasteiger partial charge is 0.242 e. The molecule has 0 radical (unpaired) electrons. The maximum Gasteiger partial charge on any atom is 0.242 e. The molecule has 6 heteroatoms. The summed E-state index contributed by atoms with van der Waals surface area (Å²) in [5, 5.41) is 3.95. The molecule has 1 heterocycles. The van der Waals surface area contributed by atoms with Gasteiger partial charge < -0.3 is 9.47 Å². The fourth-order valence-electron chi connectivity index (χ4n) is 3.38. The summed E-state index contributed by atoms with van der Waals surface area (Å²) in [7, 11) is 1.65. The van der Waals surface area contributed by atoms with Gasteiger partial charge in [-0.25, -0.2) is 0 Å². The quantitative estimate of drug-likeness (QED) is 0.645. The Balaban J connectivity index is 1.49. The number of nitrogens with zero attached hydrogens (tertiary/aromatic N) is 1. The van der Waals surface area contributed by atoms with Crippen molar-refractivity contribution in [3.05, 3.63) is 83.4 Å². The molecular weight excluding hydrogens is 388 g/mol. The Morgan fingerprint density at radius 1 is 1.00 bits per heavy atom. The Morgan fingerprint density at radius 2 is 1.69 bits per heavy atom. The van der Waals surface area contributed by atoms with E-state index in [0.29, 0.717) is 29.5 Å². The van der Waals surface area contributed by atoms with Gasteiger partial charge in [-0.3, -0.25) is 15.0 Å². The number of amides is 1. The van der Waals surface area contributed by atoms with Crippen LogP contribution in [0.25, 0.3) is 0 Å². The van der Waals surface area contributed by atoms with E-state index in [4.69, 9.17) is 21.1 Å². The number of carbonyl (C=O) groups excluding carboxylic acids is 1. The molecule has 4 rings (SSSR count). The molecule has 1 fully saturated rings. The van der Waals surface area contributed by atoms with Crippen LogP contribution in [0.3, 0.4) is 0 Å². The van der Waals surface area contributed by atoms with Gasteiger partial charge in [-0.2, -0.15) is 0 Å². The van der Waals surface area contributed by atoms with E-state index in [0.717, 1.165) is 17.0 Å². The molecule has 1 saturated heterocycles. The van der Waals surface area contributed by atoms with Crippen molar-refractivity contribution in [3.8, 4) is 17.2 Å². The first-order chi connectivity index (χ1) is 14.1. The van der Waals surface area contributed by atoms with Crippen molar-refractivity contribution in [1.29, 1.82) is 0 Å². The zero-order chi connectivity index (χ0) is 20.2. The zero-order valence-corrected chi connectivity index (χ0v) is 16.7. The first-order valence-corrected chi connectivity index (χ1v) is 9.72. The molecule has 3 aromatic rings. The van der Waals surface area contributed by atoms with Crippen LogP contribution in [0.5, 0.6) is 17.2 Å². The second-order valence-corrected chi connectivity index (χ2v) is 7.20. The summed E-state index contributed by atoms with van der Waals surface area (Å²) in [6.45, 7) is 0.317. The molecule has 1 amide bonds.